The first-order valence-electron chi connectivity index (χ1n) is 6.96. The summed E-state index contributed by atoms with van der Waals surface area (Å²) in [6.45, 7) is 4.73. The van der Waals surface area contributed by atoms with Crippen LogP contribution >= 0.6 is 15.9 Å². The van der Waals surface area contributed by atoms with Crippen molar-refractivity contribution < 1.29 is 4.79 Å². The lowest BCUT2D eigenvalue weighted by molar-refractivity contribution is 0.0986. The lowest BCUT2D eigenvalue weighted by Crippen LogP contribution is -2.31. The number of halogens is 1. The first kappa shape index (κ1) is 15.6. The maximum atomic E-state index is 12.8. The average Bonchev–Trinajstić information content (AvgIpc) is 2.45. The van der Waals surface area contributed by atoms with Crippen LogP contribution in [0.5, 0.6) is 0 Å². The van der Waals surface area contributed by atoms with Crippen LogP contribution in [0, 0.1) is 6.92 Å². The van der Waals surface area contributed by atoms with Crippen LogP contribution in [0.3, 0.4) is 0 Å². The van der Waals surface area contributed by atoms with Crippen molar-refractivity contribution in [2.24, 2.45) is 0 Å². The Balaban J connectivity index is 2.37. The quantitative estimate of drug-likeness (QED) is 0.834. The van der Waals surface area contributed by atoms with Gasteiger partial charge >= 0.3 is 0 Å². The van der Waals surface area contributed by atoms with Gasteiger partial charge in [0.05, 0.1) is 5.56 Å². The molecule has 2 N–H and O–H groups in total. The largest absolute Gasteiger partial charge is 0.399 e. The fraction of sp³-hybridized carbons (Fsp3) is 0.235. The van der Waals surface area contributed by atoms with Gasteiger partial charge in [-0.05, 0) is 71.2 Å². The second-order valence-electron chi connectivity index (χ2n) is 5.03. The van der Waals surface area contributed by atoms with Crippen LogP contribution in [0.25, 0.3) is 0 Å². The molecule has 21 heavy (non-hydrogen) atoms. The van der Waals surface area contributed by atoms with Gasteiger partial charge in [0, 0.05) is 22.4 Å². The fourth-order valence-electron chi connectivity index (χ4n) is 2.16. The molecular formula is C17H19BrN2O. The van der Waals surface area contributed by atoms with Crippen molar-refractivity contribution in [2.75, 3.05) is 17.2 Å². The molecule has 0 bridgehead atoms. The SMILES string of the molecule is CCCN(C(=O)c1ccc(C)cc1Br)c1ccc(N)cc1. The predicted octanol–water partition coefficient (Wildman–Crippen LogP) is 4.40. The molecule has 0 aromatic heterocycles. The zero-order valence-corrected chi connectivity index (χ0v) is 13.9. The van der Waals surface area contributed by atoms with E-state index < -0.39 is 0 Å². The second kappa shape index (κ2) is 6.76. The minimum Gasteiger partial charge on any atom is -0.399 e. The summed E-state index contributed by atoms with van der Waals surface area (Å²) in [7, 11) is 0. The van der Waals surface area contributed by atoms with Gasteiger partial charge in [-0.1, -0.05) is 13.0 Å². The van der Waals surface area contributed by atoms with Gasteiger partial charge in [0.25, 0.3) is 5.91 Å². The van der Waals surface area contributed by atoms with Gasteiger partial charge in [0.1, 0.15) is 0 Å². The molecule has 0 saturated heterocycles. The molecule has 3 nitrogen and oxygen atoms in total. The number of nitrogens with two attached hydrogens (primary N) is 1. The number of hydrogen-bond acceptors (Lipinski definition) is 2. The fourth-order valence-corrected chi connectivity index (χ4v) is 2.83. The van der Waals surface area contributed by atoms with E-state index in [4.69, 9.17) is 5.73 Å². The number of nitrogen functional groups attached to an aromatic ring is 1. The molecule has 0 fully saturated rings. The Kier molecular flexibility index (Phi) is 5.02. The van der Waals surface area contributed by atoms with E-state index in [0.717, 1.165) is 22.1 Å². The Morgan fingerprint density at radius 1 is 1.19 bits per heavy atom. The summed E-state index contributed by atoms with van der Waals surface area (Å²) in [6.07, 6.45) is 0.888. The molecule has 4 heteroatoms. The van der Waals surface area contributed by atoms with Gasteiger partial charge in [0.2, 0.25) is 0 Å². The molecule has 0 aliphatic heterocycles. The van der Waals surface area contributed by atoms with Crippen molar-refractivity contribution in [3.63, 3.8) is 0 Å². The summed E-state index contributed by atoms with van der Waals surface area (Å²) in [5.74, 6) is -0.00602. The molecule has 2 aromatic rings. The Labute approximate surface area is 133 Å². The average molecular weight is 347 g/mol. The molecule has 0 heterocycles. The molecule has 0 atom stereocenters. The van der Waals surface area contributed by atoms with Gasteiger partial charge < -0.3 is 10.6 Å². The van der Waals surface area contributed by atoms with Crippen molar-refractivity contribution in [3.8, 4) is 0 Å². The van der Waals surface area contributed by atoms with E-state index in [1.54, 1.807) is 4.90 Å². The van der Waals surface area contributed by atoms with Crippen LogP contribution in [0.4, 0.5) is 11.4 Å². The van der Waals surface area contributed by atoms with Crippen molar-refractivity contribution >= 4 is 33.2 Å². The van der Waals surface area contributed by atoms with E-state index in [2.05, 4.69) is 22.9 Å². The standard InChI is InChI=1S/C17H19BrN2O/c1-3-10-20(14-7-5-13(19)6-8-14)17(21)15-9-4-12(2)11-16(15)18/h4-9,11H,3,10,19H2,1-2H3. The number of hydrogen-bond donors (Lipinski definition) is 1. The van der Waals surface area contributed by atoms with Gasteiger partial charge in [-0.2, -0.15) is 0 Å². The molecule has 0 saturated carbocycles. The molecule has 1 amide bonds. The smallest absolute Gasteiger partial charge is 0.259 e. The zero-order chi connectivity index (χ0) is 15.4. The molecule has 0 aliphatic rings. The Hall–Kier alpha value is -1.81. The highest BCUT2D eigenvalue weighted by Crippen LogP contribution is 2.24. The normalized spacial score (nSPS) is 10.4. The predicted molar refractivity (Wildman–Crippen MR) is 91.7 cm³/mol. The number of amides is 1. The molecule has 0 unspecified atom stereocenters. The Bertz CT molecular complexity index is 638. The van der Waals surface area contributed by atoms with E-state index in [0.29, 0.717) is 17.8 Å². The molecule has 0 aliphatic carbocycles. The lowest BCUT2D eigenvalue weighted by atomic mass is 10.1. The maximum absolute atomic E-state index is 12.8. The molecule has 2 aromatic carbocycles. The van der Waals surface area contributed by atoms with E-state index >= 15 is 0 Å². The maximum Gasteiger partial charge on any atom is 0.259 e. The van der Waals surface area contributed by atoms with Crippen LogP contribution in [-0.2, 0) is 0 Å². The summed E-state index contributed by atoms with van der Waals surface area (Å²) in [5.41, 5.74) is 9.07. The van der Waals surface area contributed by atoms with Crippen molar-refractivity contribution in [1.82, 2.24) is 0 Å². The zero-order valence-electron chi connectivity index (χ0n) is 12.3. The van der Waals surface area contributed by atoms with E-state index in [1.807, 2.05) is 49.4 Å². The number of rotatable bonds is 4. The van der Waals surface area contributed by atoms with Crippen LogP contribution in [0.2, 0.25) is 0 Å². The number of benzene rings is 2. The van der Waals surface area contributed by atoms with Crippen molar-refractivity contribution in [3.05, 3.63) is 58.1 Å². The van der Waals surface area contributed by atoms with Gasteiger partial charge in [-0.3, -0.25) is 4.79 Å². The van der Waals surface area contributed by atoms with Crippen molar-refractivity contribution in [2.45, 2.75) is 20.3 Å². The summed E-state index contributed by atoms with van der Waals surface area (Å²) in [6, 6.07) is 13.2. The lowest BCUT2D eigenvalue weighted by Gasteiger charge is -2.23. The van der Waals surface area contributed by atoms with Crippen LogP contribution in [0.1, 0.15) is 29.3 Å². The van der Waals surface area contributed by atoms with Crippen LogP contribution in [0.15, 0.2) is 46.9 Å². The first-order chi connectivity index (χ1) is 10.0. The Morgan fingerprint density at radius 2 is 1.86 bits per heavy atom. The third kappa shape index (κ3) is 3.64. The van der Waals surface area contributed by atoms with Gasteiger partial charge in [-0.25, -0.2) is 0 Å². The summed E-state index contributed by atoms with van der Waals surface area (Å²) >= 11 is 3.48. The van der Waals surface area contributed by atoms with E-state index in [-0.39, 0.29) is 5.91 Å². The van der Waals surface area contributed by atoms with E-state index in [1.165, 1.54) is 0 Å². The molecule has 0 radical (unpaired) electrons. The highest BCUT2D eigenvalue weighted by atomic mass is 79.9. The summed E-state index contributed by atoms with van der Waals surface area (Å²) < 4.78 is 0.823. The number of anilines is 2. The summed E-state index contributed by atoms with van der Waals surface area (Å²) in [4.78, 5) is 14.6. The van der Waals surface area contributed by atoms with Crippen LogP contribution < -0.4 is 10.6 Å². The van der Waals surface area contributed by atoms with E-state index in [9.17, 15) is 4.79 Å². The minimum absolute atomic E-state index is 0.00602. The Morgan fingerprint density at radius 3 is 2.43 bits per heavy atom. The highest BCUT2D eigenvalue weighted by Gasteiger charge is 2.19. The number of nitrogens with zero attached hydrogens (tertiary/aromatic N) is 1. The first-order valence-corrected chi connectivity index (χ1v) is 7.75. The van der Waals surface area contributed by atoms with Gasteiger partial charge in [0.15, 0.2) is 0 Å². The monoisotopic (exact) mass is 346 g/mol. The number of carbonyl (C=O) groups is 1. The molecule has 110 valence electrons. The minimum atomic E-state index is -0.00602. The number of aryl methyl sites for hydroxylation is 1. The molecule has 0 spiro atoms. The molecule has 2 rings (SSSR count). The van der Waals surface area contributed by atoms with Crippen LogP contribution in [-0.4, -0.2) is 12.5 Å². The third-order valence-corrected chi connectivity index (χ3v) is 3.91. The summed E-state index contributed by atoms with van der Waals surface area (Å²) in [5, 5.41) is 0. The highest BCUT2D eigenvalue weighted by molar-refractivity contribution is 9.10. The number of carbonyl (C=O) groups excluding carboxylic acids is 1. The van der Waals surface area contributed by atoms with Gasteiger partial charge in [-0.15, -0.1) is 0 Å². The second-order valence-corrected chi connectivity index (χ2v) is 5.89. The van der Waals surface area contributed by atoms with Crippen molar-refractivity contribution in [1.29, 1.82) is 0 Å². The third-order valence-electron chi connectivity index (χ3n) is 3.25. The molecular weight excluding hydrogens is 328 g/mol. The topological polar surface area (TPSA) is 46.3 Å².